The Bertz CT molecular complexity index is 209. The topological polar surface area (TPSA) is 46.6 Å². The van der Waals surface area contributed by atoms with Gasteiger partial charge in [-0.3, -0.25) is 9.59 Å². The molecule has 0 heterocycles. The molecular weight excluding hydrogens is 218 g/mol. The van der Waals surface area contributed by atoms with Gasteiger partial charge < -0.3 is 9.64 Å². The van der Waals surface area contributed by atoms with E-state index < -0.39 is 0 Å². The number of esters is 1. The van der Waals surface area contributed by atoms with E-state index in [0.717, 1.165) is 6.42 Å². The molecule has 0 rings (SSSR count). The summed E-state index contributed by atoms with van der Waals surface area (Å²) in [5, 5.41) is 0. The molecule has 1 amide bonds. The van der Waals surface area contributed by atoms with Crippen LogP contribution in [-0.2, 0) is 14.3 Å². The van der Waals surface area contributed by atoms with Gasteiger partial charge in [0, 0.05) is 18.8 Å². The van der Waals surface area contributed by atoms with E-state index in [9.17, 15) is 9.59 Å². The Balaban J connectivity index is 4.13. The van der Waals surface area contributed by atoms with Crippen LogP contribution in [0.2, 0.25) is 0 Å². The molecule has 0 saturated carbocycles. The van der Waals surface area contributed by atoms with E-state index in [1.807, 2.05) is 6.92 Å². The molecule has 0 radical (unpaired) electrons. The lowest BCUT2D eigenvalue weighted by Gasteiger charge is -2.20. The van der Waals surface area contributed by atoms with Crippen LogP contribution in [0.4, 0.5) is 0 Å². The van der Waals surface area contributed by atoms with Gasteiger partial charge in [-0.15, -0.1) is 11.6 Å². The maximum Gasteiger partial charge on any atom is 0.325 e. The molecule has 0 aromatic heterocycles. The number of amides is 1. The Morgan fingerprint density at radius 2 is 2.00 bits per heavy atom. The lowest BCUT2D eigenvalue weighted by molar-refractivity contribution is -0.148. The summed E-state index contributed by atoms with van der Waals surface area (Å²) in [7, 11) is 0. The fourth-order valence-corrected chi connectivity index (χ4v) is 1.32. The van der Waals surface area contributed by atoms with Crippen molar-refractivity contribution in [2.75, 3.05) is 25.6 Å². The van der Waals surface area contributed by atoms with Crippen molar-refractivity contribution < 1.29 is 14.3 Å². The van der Waals surface area contributed by atoms with Crippen LogP contribution in [-0.4, -0.2) is 42.4 Å². The number of rotatable bonds is 7. The summed E-state index contributed by atoms with van der Waals surface area (Å²) in [6.45, 7) is 4.61. The van der Waals surface area contributed by atoms with Crippen LogP contribution in [0.15, 0.2) is 0 Å². The summed E-state index contributed by atoms with van der Waals surface area (Å²) in [5.41, 5.74) is 0. The molecule has 0 fully saturated rings. The monoisotopic (exact) mass is 235 g/mol. The molecule has 0 N–H and O–H groups in total. The third kappa shape index (κ3) is 6.33. The summed E-state index contributed by atoms with van der Waals surface area (Å²) < 4.78 is 4.78. The van der Waals surface area contributed by atoms with Crippen molar-refractivity contribution in [2.45, 2.75) is 26.7 Å². The minimum atomic E-state index is -0.367. The third-order valence-corrected chi connectivity index (χ3v) is 1.97. The summed E-state index contributed by atoms with van der Waals surface area (Å²) in [6.07, 6.45) is 1.08. The van der Waals surface area contributed by atoms with Gasteiger partial charge in [0.05, 0.1) is 6.61 Å². The molecule has 0 aliphatic rings. The Morgan fingerprint density at radius 1 is 1.33 bits per heavy atom. The number of hydrogen-bond acceptors (Lipinski definition) is 3. The molecule has 0 aromatic carbocycles. The normalized spacial score (nSPS) is 9.80. The smallest absolute Gasteiger partial charge is 0.325 e. The van der Waals surface area contributed by atoms with E-state index in [0.29, 0.717) is 13.2 Å². The lowest BCUT2D eigenvalue weighted by Crippen LogP contribution is -2.37. The van der Waals surface area contributed by atoms with E-state index in [1.165, 1.54) is 4.90 Å². The Hall–Kier alpha value is -0.770. The van der Waals surface area contributed by atoms with Crippen molar-refractivity contribution in [3.63, 3.8) is 0 Å². The van der Waals surface area contributed by atoms with E-state index >= 15 is 0 Å². The van der Waals surface area contributed by atoms with Gasteiger partial charge in [-0.1, -0.05) is 6.92 Å². The van der Waals surface area contributed by atoms with Gasteiger partial charge in [0.25, 0.3) is 0 Å². The quantitative estimate of drug-likeness (QED) is 0.495. The summed E-state index contributed by atoms with van der Waals surface area (Å²) in [6, 6.07) is 0. The standard InChI is InChI=1S/C10H18ClNO3/c1-3-7-12(9(13)5-6-11)8-10(14)15-4-2/h3-8H2,1-2H3. The van der Waals surface area contributed by atoms with Gasteiger partial charge >= 0.3 is 5.97 Å². The van der Waals surface area contributed by atoms with Crippen LogP contribution in [0.3, 0.4) is 0 Å². The summed E-state index contributed by atoms with van der Waals surface area (Å²) in [4.78, 5) is 24.2. The molecule has 0 bridgehead atoms. The van der Waals surface area contributed by atoms with Crippen LogP contribution < -0.4 is 0 Å². The number of carbonyl (C=O) groups excluding carboxylic acids is 2. The zero-order valence-corrected chi connectivity index (χ0v) is 10.0. The first-order valence-electron chi connectivity index (χ1n) is 5.15. The average Bonchev–Trinajstić information content (AvgIpc) is 2.18. The lowest BCUT2D eigenvalue weighted by atomic mass is 10.3. The van der Waals surface area contributed by atoms with Gasteiger partial charge in [0.15, 0.2) is 0 Å². The largest absolute Gasteiger partial charge is 0.465 e. The van der Waals surface area contributed by atoms with Crippen molar-refractivity contribution in [1.29, 1.82) is 0 Å². The predicted octanol–water partition coefficient (Wildman–Crippen LogP) is 1.42. The Labute approximate surface area is 95.5 Å². The van der Waals surface area contributed by atoms with Crippen molar-refractivity contribution in [1.82, 2.24) is 4.90 Å². The van der Waals surface area contributed by atoms with E-state index in [4.69, 9.17) is 16.3 Å². The van der Waals surface area contributed by atoms with Crippen LogP contribution in [0, 0.1) is 0 Å². The highest BCUT2D eigenvalue weighted by atomic mass is 35.5. The second-order valence-corrected chi connectivity index (χ2v) is 3.44. The molecule has 88 valence electrons. The van der Waals surface area contributed by atoms with Crippen LogP contribution in [0.5, 0.6) is 0 Å². The first-order chi connectivity index (χ1) is 7.15. The number of hydrogen-bond donors (Lipinski definition) is 0. The maximum absolute atomic E-state index is 11.5. The van der Waals surface area contributed by atoms with Crippen molar-refractivity contribution in [3.8, 4) is 0 Å². The zero-order chi connectivity index (χ0) is 11.7. The number of carbonyl (C=O) groups is 2. The van der Waals surface area contributed by atoms with Crippen molar-refractivity contribution in [3.05, 3.63) is 0 Å². The van der Waals surface area contributed by atoms with Gasteiger partial charge in [0.2, 0.25) is 5.91 Å². The van der Waals surface area contributed by atoms with Crippen LogP contribution >= 0.6 is 11.6 Å². The number of nitrogens with zero attached hydrogens (tertiary/aromatic N) is 1. The fourth-order valence-electron chi connectivity index (χ4n) is 1.16. The molecule has 0 aromatic rings. The first-order valence-corrected chi connectivity index (χ1v) is 5.68. The number of alkyl halides is 1. The molecule has 0 saturated heterocycles. The zero-order valence-electron chi connectivity index (χ0n) is 9.29. The van der Waals surface area contributed by atoms with Gasteiger partial charge in [-0.2, -0.15) is 0 Å². The molecule has 0 spiro atoms. The molecule has 0 aliphatic carbocycles. The molecule has 0 atom stereocenters. The third-order valence-electron chi connectivity index (χ3n) is 1.78. The second kappa shape index (κ2) is 8.53. The first kappa shape index (κ1) is 14.2. The summed E-state index contributed by atoms with van der Waals surface area (Å²) in [5.74, 6) is -0.184. The number of ether oxygens (including phenoxy) is 1. The summed E-state index contributed by atoms with van der Waals surface area (Å²) >= 11 is 5.47. The van der Waals surface area contributed by atoms with Crippen LogP contribution in [0.1, 0.15) is 26.7 Å². The molecule has 5 heteroatoms. The maximum atomic E-state index is 11.5. The van der Waals surface area contributed by atoms with Crippen LogP contribution in [0.25, 0.3) is 0 Å². The van der Waals surface area contributed by atoms with Gasteiger partial charge in [0.1, 0.15) is 6.54 Å². The molecule has 0 aliphatic heterocycles. The second-order valence-electron chi connectivity index (χ2n) is 3.06. The van der Waals surface area contributed by atoms with E-state index in [2.05, 4.69) is 0 Å². The molecule has 15 heavy (non-hydrogen) atoms. The van der Waals surface area contributed by atoms with E-state index in [-0.39, 0.29) is 30.7 Å². The predicted molar refractivity (Wildman–Crippen MR) is 58.8 cm³/mol. The van der Waals surface area contributed by atoms with Gasteiger partial charge in [-0.25, -0.2) is 0 Å². The SMILES string of the molecule is CCCN(CC(=O)OCC)C(=O)CCCl. The average molecular weight is 236 g/mol. The highest BCUT2D eigenvalue weighted by Gasteiger charge is 2.16. The molecule has 4 nitrogen and oxygen atoms in total. The minimum absolute atomic E-state index is 0.0252. The number of halogens is 1. The van der Waals surface area contributed by atoms with E-state index in [1.54, 1.807) is 6.92 Å². The highest BCUT2D eigenvalue weighted by molar-refractivity contribution is 6.18. The van der Waals surface area contributed by atoms with Crippen molar-refractivity contribution in [2.24, 2.45) is 0 Å². The molecule has 0 unspecified atom stereocenters. The highest BCUT2D eigenvalue weighted by Crippen LogP contribution is 1.99. The van der Waals surface area contributed by atoms with Gasteiger partial charge in [-0.05, 0) is 13.3 Å². The fraction of sp³-hybridized carbons (Fsp3) is 0.800. The van der Waals surface area contributed by atoms with Crippen molar-refractivity contribution >= 4 is 23.5 Å². The Kier molecular flexibility index (Phi) is 8.09. The molecular formula is C10H18ClNO3. The Morgan fingerprint density at radius 3 is 2.47 bits per heavy atom. The minimum Gasteiger partial charge on any atom is -0.465 e.